The molecule has 0 aromatic heterocycles. The summed E-state index contributed by atoms with van der Waals surface area (Å²) in [6.07, 6.45) is 0. The Kier molecular flexibility index (Phi) is 3.40. The number of hydrogen-bond acceptors (Lipinski definition) is 3. The zero-order chi connectivity index (χ0) is 12.3. The second-order valence-corrected chi connectivity index (χ2v) is 4.05. The minimum atomic E-state index is 0.0454. The molecule has 0 aliphatic rings. The number of hydrogen-bond donors (Lipinski definition) is 3. The lowest BCUT2D eigenvalue weighted by Gasteiger charge is -2.09. The van der Waals surface area contributed by atoms with E-state index >= 15 is 0 Å². The van der Waals surface area contributed by atoms with Crippen LogP contribution in [0, 0.1) is 0 Å². The highest BCUT2D eigenvalue weighted by molar-refractivity contribution is 6.33. The lowest BCUT2D eigenvalue weighted by Crippen LogP contribution is -1.99. The Bertz CT molecular complexity index is 529. The van der Waals surface area contributed by atoms with Crippen molar-refractivity contribution in [2.75, 3.05) is 5.32 Å². The molecule has 0 heterocycles. The first-order valence-electron chi connectivity index (χ1n) is 5.16. The van der Waals surface area contributed by atoms with Crippen LogP contribution in [0.4, 0.5) is 5.69 Å². The molecule has 0 spiro atoms. The molecule has 3 nitrogen and oxygen atoms in total. The number of aromatic hydroxyl groups is 2. The average Bonchev–Trinajstić information content (AvgIpc) is 2.30. The zero-order valence-corrected chi connectivity index (χ0v) is 9.78. The minimum Gasteiger partial charge on any atom is -0.508 e. The Morgan fingerprint density at radius 2 is 1.82 bits per heavy atom. The molecule has 2 rings (SSSR count). The van der Waals surface area contributed by atoms with E-state index in [1.54, 1.807) is 12.1 Å². The van der Waals surface area contributed by atoms with Gasteiger partial charge in [-0.3, -0.25) is 0 Å². The highest BCUT2D eigenvalue weighted by atomic mass is 35.5. The van der Waals surface area contributed by atoms with Gasteiger partial charge in [-0.15, -0.1) is 0 Å². The molecule has 17 heavy (non-hydrogen) atoms. The van der Waals surface area contributed by atoms with Gasteiger partial charge in [-0.1, -0.05) is 23.7 Å². The van der Waals surface area contributed by atoms with E-state index in [-0.39, 0.29) is 11.5 Å². The maximum Gasteiger partial charge on any atom is 0.124 e. The molecule has 0 amide bonds. The molecule has 0 atom stereocenters. The van der Waals surface area contributed by atoms with Crippen molar-refractivity contribution in [3.63, 3.8) is 0 Å². The van der Waals surface area contributed by atoms with Crippen LogP contribution in [-0.2, 0) is 6.54 Å². The van der Waals surface area contributed by atoms with E-state index in [0.717, 1.165) is 5.69 Å². The van der Waals surface area contributed by atoms with Crippen LogP contribution in [0.15, 0.2) is 42.5 Å². The van der Waals surface area contributed by atoms with E-state index in [4.69, 9.17) is 16.7 Å². The van der Waals surface area contributed by atoms with Crippen LogP contribution in [0.25, 0.3) is 0 Å². The quantitative estimate of drug-likeness (QED) is 0.782. The molecule has 0 fully saturated rings. The van der Waals surface area contributed by atoms with E-state index in [2.05, 4.69) is 5.32 Å². The molecular weight excluding hydrogens is 238 g/mol. The van der Waals surface area contributed by atoms with Gasteiger partial charge in [0.25, 0.3) is 0 Å². The molecule has 3 N–H and O–H groups in total. The smallest absolute Gasteiger partial charge is 0.124 e. The van der Waals surface area contributed by atoms with E-state index in [1.165, 1.54) is 12.1 Å². The van der Waals surface area contributed by atoms with Crippen LogP contribution >= 0.6 is 11.6 Å². The standard InChI is InChI=1S/C13H12ClNO2/c14-11-3-1-2-4-12(11)15-8-9-5-6-10(16)7-13(9)17/h1-7,15-17H,8H2. The Hall–Kier alpha value is -1.87. The van der Waals surface area contributed by atoms with E-state index < -0.39 is 0 Å². The predicted molar refractivity (Wildman–Crippen MR) is 68.6 cm³/mol. The van der Waals surface area contributed by atoms with Gasteiger partial charge in [-0.2, -0.15) is 0 Å². The number of benzene rings is 2. The lowest BCUT2D eigenvalue weighted by molar-refractivity contribution is 0.446. The highest BCUT2D eigenvalue weighted by Crippen LogP contribution is 2.25. The summed E-state index contributed by atoms with van der Waals surface area (Å²) >= 11 is 5.99. The Labute approximate surface area is 104 Å². The Balaban J connectivity index is 2.10. The van der Waals surface area contributed by atoms with Crippen LogP contribution in [0.1, 0.15) is 5.56 Å². The molecule has 0 unspecified atom stereocenters. The predicted octanol–water partition coefficient (Wildman–Crippen LogP) is 3.36. The molecule has 0 bridgehead atoms. The van der Waals surface area contributed by atoms with Crippen molar-refractivity contribution in [1.29, 1.82) is 0 Å². The molecule has 2 aromatic carbocycles. The van der Waals surface area contributed by atoms with Crippen LogP contribution < -0.4 is 5.32 Å². The summed E-state index contributed by atoms with van der Waals surface area (Å²) in [4.78, 5) is 0. The molecule has 2 aromatic rings. The van der Waals surface area contributed by atoms with Gasteiger partial charge in [0.15, 0.2) is 0 Å². The van der Waals surface area contributed by atoms with Crippen LogP contribution in [0.2, 0.25) is 5.02 Å². The molecule has 4 heteroatoms. The minimum absolute atomic E-state index is 0.0454. The maximum absolute atomic E-state index is 9.61. The fourth-order valence-electron chi connectivity index (χ4n) is 1.50. The number of rotatable bonds is 3. The maximum atomic E-state index is 9.61. The van der Waals surface area contributed by atoms with E-state index in [9.17, 15) is 5.11 Å². The second kappa shape index (κ2) is 4.97. The lowest BCUT2D eigenvalue weighted by atomic mass is 10.2. The second-order valence-electron chi connectivity index (χ2n) is 3.65. The van der Waals surface area contributed by atoms with E-state index in [0.29, 0.717) is 17.1 Å². The summed E-state index contributed by atoms with van der Waals surface area (Å²) in [6.45, 7) is 0.440. The molecule has 88 valence electrons. The van der Waals surface area contributed by atoms with Crippen LogP contribution in [0.5, 0.6) is 11.5 Å². The topological polar surface area (TPSA) is 52.5 Å². The summed E-state index contributed by atoms with van der Waals surface area (Å²) in [5.41, 5.74) is 1.50. The summed E-state index contributed by atoms with van der Waals surface area (Å²) < 4.78 is 0. The van der Waals surface area contributed by atoms with Crippen molar-refractivity contribution in [2.24, 2.45) is 0 Å². The average molecular weight is 250 g/mol. The molecule has 0 saturated carbocycles. The Morgan fingerprint density at radius 3 is 2.53 bits per heavy atom. The Morgan fingerprint density at radius 1 is 1.06 bits per heavy atom. The SMILES string of the molecule is Oc1ccc(CNc2ccccc2Cl)c(O)c1. The number of anilines is 1. The summed E-state index contributed by atoms with van der Waals surface area (Å²) in [6, 6.07) is 11.9. The normalized spacial score (nSPS) is 10.2. The third-order valence-corrected chi connectivity index (χ3v) is 2.74. The highest BCUT2D eigenvalue weighted by Gasteiger charge is 2.03. The summed E-state index contributed by atoms with van der Waals surface area (Å²) in [5.74, 6) is 0.105. The first-order valence-corrected chi connectivity index (χ1v) is 5.54. The summed E-state index contributed by atoms with van der Waals surface area (Å²) in [5, 5.41) is 22.5. The first kappa shape index (κ1) is 11.6. The molecular formula is C13H12ClNO2. The van der Waals surface area contributed by atoms with Crippen LogP contribution in [-0.4, -0.2) is 10.2 Å². The third kappa shape index (κ3) is 2.82. The third-order valence-electron chi connectivity index (χ3n) is 2.41. The molecule has 0 aliphatic carbocycles. The van der Waals surface area contributed by atoms with Crippen molar-refractivity contribution < 1.29 is 10.2 Å². The van der Waals surface area contributed by atoms with Gasteiger partial charge in [0.1, 0.15) is 11.5 Å². The van der Waals surface area contributed by atoms with Crippen molar-refractivity contribution in [3.8, 4) is 11.5 Å². The summed E-state index contributed by atoms with van der Waals surface area (Å²) in [7, 11) is 0. The number of phenols is 2. The molecule has 0 aliphatic heterocycles. The molecule has 0 saturated heterocycles. The number of nitrogens with one attached hydrogen (secondary N) is 1. The van der Waals surface area contributed by atoms with Gasteiger partial charge < -0.3 is 15.5 Å². The fourth-order valence-corrected chi connectivity index (χ4v) is 1.70. The van der Waals surface area contributed by atoms with E-state index in [1.807, 2.05) is 18.2 Å². The van der Waals surface area contributed by atoms with Gasteiger partial charge in [0.05, 0.1) is 10.7 Å². The van der Waals surface area contributed by atoms with Gasteiger partial charge in [-0.05, 0) is 24.3 Å². The van der Waals surface area contributed by atoms with Gasteiger partial charge >= 0.3 is 0 Å². The number of para-hydroxylation sites is 1. The van der Waals surface area contributed by atoms with Crippen LogP contribution in [0.3, 0.4) is 0 Å². The number of halogens is 1. The largest absolute Gasteiger partial charge is 0.508 e. The van der Waals surface area contributed by atoms with Gasteiger partial charge in [-0.25, -0.2) is 0 Å². The van der Waals surface area contributed by atoms with Crippen molar-refractivity contribution in [2.45, 2.75) is 6.54 Å². The van der Waals surface area contributed by atoms with Gasteiger partial charge in [0.2, 0.25) is 0 Å². The molecule has 0 radical (unpaired) electrons. The van der Waals surface area contributed by atoms with Crippen molar-refractivity contribution >= 4 is 17.3 Å². The van der Waals surface area contributed by atoms with Gasteiger partial charge in [0, 0.05) is 18.2 Å². The first-order chi connectivity index (χ1) is 8.16. The van der Waals surface area contributed by atoms with Crippen molar-refractivity contribution in [1.82, 2.24) is 0 Å². The fraction of sp³-hybridized carbons (Fsp3) is 0.0769. The number of phenolic OH excluding ortho intramolecular Hbond substituents is 2. The zero-order valence-electron chi connectivity index (χ0n) is 9.02. The van der Waals surface area contributed by atoms with Crippen molar-refractivity contribution in [3.05, 3.63) is 53.1 Å². The monoisotopic (exact) mass is 249 g/mol.